The second-order valence-corrected chi connectivity index (χ2v) is 5.00. The lowest BCUT2D eigenvalue weighted by atomic mass is 10.1. The van der Waals surface area contributed by atoms with E-state index in [-0.39, 0.29) is 0 Å². The normalized spacial score (nSPS) is 25.5. The summed E-state index contributed by atoms with van der Waals surface area (Å²) in [5, 5.41) is 14.8. The number of anilines is 1. The minimum atomic E-state index is 0.534. The third kappa shape index (κ3) is 2.45. The monoisotopic (exact) mass is 235 g/mol. The summed E-state index contributed by atoms with van der Waals surface area (Å²) in [4.78, 5) is 0. The van der Waals surface area contributed by atoms with Crippen molar-refractivity contribution in [2.24, 2.45) is 0 Å². The van der Waals surface area contributed by atoms with Crippen LogP contribution in [-0.4, -0.2) is 42.0 Å². The smallest absolute Gasteiger partial charge is 0.124 e. The van der Waals surface area contributed by atoms with Crippen molar-refractivity contribution in [3.05, 3.63) is 12.3 Å². The highest BCUT2D eigenvalue weighted by atomic mass is 15.4. The van der Waals surface area contributed by atoms with Crippen molar-refractivity contribution in [1.82, 2.24) is 20.4 Å². The molecule has 2 aliphatic heterocycles. The first-order valence-corrected chi connectivity index (χ1v) is 6.65. The van der Waals surface area contributed by atoms with E-state index in [0.717, 1.165) is 32.0 Å². The topological polar surface area (TPSA) is 53.9 Å². The Hall–Kier alpha value is -1.07. The summed E-state index contributed by atoms with van der Waals surface area (Å²) in [6.45, 7) is 4.25. The molecular formula is C12H21N5. The molecule has 3 N–H and O–H groups in total. The molecule has 0 spiro atoms. The van der Waals surface area contributed by atoms with Crippen LogP contribution in [-0.2, 0) is 0 Å². The van der Waals surface area contributed by atoms with Crippen LogP contribution in [0, 0.1) is 0 Å². The SMILES string of the molecule is c1cc(NCC2CCCCN2)n(C2CNC2)n1. The Kier molecular flexibility index (Phi) is 3.29. The summed E-state index contributed by atoms with van der Waals surface area (Å²) in [6, 6.07) is 3.22. The van der Waals surface area contributed by atoms with Crippen LogP contribution in [0.1, 0.15) is 25.3 Å². The highest BCUT2D eigenvalue weighted by Crippen LogP contribution is 2.17. The Morgan fingerprint density at radius 3 is 3.06 bits per heavy atom. The fourth-order valence-corrected chi connectivity index (χ4v) is 2.52. The van der Waals surface area contributed by atoms with Crippen molar-refractivity contribution in [2.75, 3.05) is 31.5 Å². The van der Waals surface area contributed by atoms with Crippen molar-refractivity contribution in [1.29, 1.82) is 0 Å². The molecule has 3 rings (SSSR count). The van der Waals surface area contributed by atoms with Crippen LogP contribution in [0.4, 0.5) is 5.82 Å². The van der Waals surface area contributed by atoms with Crippen molar-refractivity contribution < 1.29 is 0 Å². The van der Waals surface area contributed by atoms with E-state index in [1.807, 2.05) is 6.20 Å². The van der Waals surface area contributed by atoms with Gasteiger partial charge in [-0.25, -0.2) is 4.68 Å². The molecule has 5 heteroatoms. The van der Waals surface area contributed by atoms with Gasteiger partial charge in [0, 0.05) is 31.7 Å². The van der Waals surface area contributed by atoms with Gasteiger partial charge in [0.1, 0.15) is 5.82 Å². The molecule has 1 aromatic rings. The zero-order valence-corrected chi connectivity index (χ0v) is 10.2. The fourth-order valence-electron chi connectivity index (χ4n) is 2.52. The van der Waals surface area contributed by atoms with E-state index in [1.54, 1.807) is 0 Å². The minimum Gasteiger partial charge on any atom is -0.369 e. The van der Waals surface area contributed by atoms with Crippen LogP contribution in [0.5, 0.6) is 0 Å². The second-order valence-electron chi connectivity index (χ2n) is 5.00. The van der Waals surface area contributed by atoms with Crippen LogP contribution in [0.25, 0.3) is 0 Å². The molecule has 1 unspecified atom stereocenters. The number of aromatic nitrogens is 2. The quantitative estimate of drug-likeness (QED) is 0.714. The Bertz CT molecular complexity index is 352. The van der Waals surface area contributed by atoms with Gasteiger partial charge in [-0.1, -0.05) is 6.42 Å². The van der Waals surface area contributed by atoms with E-state index >= 15 is 0 Å². The van der Waals surface area contributed by atoms with E-state index in [2.05, 4.69) is 31.8 Å². The van der Waals surface area contributed by atoms with Gasteiger partial charge in [0.2, 0.25) is 0 Å². The molecule has 0 amide bonds. The molecule has 0 bridgehead atoms. The molecule has 2 fully saturated rings. The summed E-state index contributed by atoms with van der Waals surface area (Å²) in [6.07, 6.45) is 5.84. The van der Waals surface area contributed by atoms with E-state index in [9.17, 15) is 0 Å². The summed E-state index contributed by atoms with van der Waals surface area (Å²) < 4.78 is 2.11. The summed E-state index contributed by atoms with van der Waals surface area (Å²) in [7, 11) is 0. The maximum absolute atomic E-state index is 4.40. The van der Waals surface area contributed by atoms with Gasteiger partial charge in [-0.15, -0.1) is 0 Å². The summed E-state index contributed by atoms with van der Waals surface area (Å²) in [5.74, 6) is 1.16. The third-order valence-corrected chi connectivity index (χ3v) is 3.72. The van der Waals surface area contributed by atoms with Crippen LogP contribution in [0.2, 0.25) is 0 Å². The number of rotatable bonds is 4. The Morgan fingerprint density at radius 2 is 2.35 bits per heavy atom. The number of nitrogens with zero attached hydrogens (tertiary/aromatic N) is 2. The number of hydrogen-bond donors (Lipinski definition) is 3. The zero-order chi connectivity index (χ0) is 11.5. The van der Waals surface area contributed by atoms with Gasteiger partial charge in [0.05, 0.1) is 12.2 Å². The number of hydrogen-bond acceptors (Lipinski definition) is 4. The number of piperidine rings is 1. The molecule has 5 nitrogen and oxygen atoms in total. The molecule has 0 radical (unpaired) electrons. The predicted octanol–water partition coefficient (Wildman–Crippen LogP) is 0.581. The molecule has 1 atom stereocenters. The van der Waals surface area contributed by atoms with Gasteiger partial charge < -0.3 is 16.0 Å². The molecule has 0 aromatic carbocycles. The van der Waals surface area contributed by atoms with Crippen molar-refractivity contribution >= 4 is 5.82 Å². The lowest BCUT2D eigenvalue weighted by Gasteiger charge is -2.30. The molecule has 0 saturated carbocycles. The molecule has 2 aliphatic rings. The zero-order valence-electron chi connectivity index (χ0n) is 10.2. The first kappa shape index (κ1) is 11.0. The molecule has 94 valence electrons. The van der Waals surface area contributed by atoms with Crippen molar-refractivity contribution in [3.63, 3.8) is 0 Å². The maximum Gasteiger partial charge on any atom is 0.124 e. The summed E-state index contributed by atoms with van der Waals surface area (Å²) in [5.41, 5.74) is 0. The molecule has 1 aromatic heterocycles. The van der Waals surface area contributed by atoms with E-state index in [4.69, 9.17) is 0 Å². The van der Waals surface area contributed by atoms with Crippen LogP contribution >= 0.6 is 0 Å². The van der Waals surface area contributed by atoms with E-state index in [1.165, 1.54) is 19.3 Å². The van der Waals surface area contributed by atoms with Gasteiger partial charge in [-0.3, -0.25) is 0 Å². The van der Waals surface area contributed by atoms with Gasteiger partial charge in [-0.05, 0) is 19.4 Å². The summed E-state index contributed by atoms with van der Waals surface area (Å²) >= 11 is 0. The third-order valence-electron chi connectivity index (χ3n) is 3.72. The molecule has 0 aliphatic carbocycles. The standard InChI is InChI=1S/C12H21N5/c1-2-5-14-10(3-1)7-15-12-4-6-16-17(12)11-8-13-9-11/h4,6,10-11,13-15H,1-3,5,7-9H2. The van der Waals surface area contributed by atoms with Crippen molar-refractivity contribution in [3.8, 4) is 0 Å². The lowest BCUT2D eigenvalue weighted by molar-refractivity contribution is 0.320. The average Bonchev–Trinajstić information content (AvgIpc) is 2.74. The van der Waals surface area contributed by atoms with Gasteiger partial charge in [-0.2, -0.15) is 5.10 Å². The van der Waals surface area contributed by atoms with Crippen LogP contribution in [0.3, 0.4) is 0 Å². The molecule has 3 heterocycles. The average molecular weight is 235 g/mol. The fraction of sp³-hybridized carbons (Fsp3) is 0.750. The molecule has 2 saturated heterocycles. The highest BCUT2D eigenvalue weighted by Gasteiger charge is 2.21. The largest absolute Gasteiger partial charge is 0.369 e. The minimum absolute atomic E-state index is 0.534. The van der Waals surface area contributed by atoms with Gasteiger partial charge >= 0.3 is 0 Å². The molecule has 17 heavy (non-hydrogen) atoms. The lowest BCUT2D eigenvalue weighted by Crippen LogP contribution is -2.44. The van der Waals surface area contributed by atoms with Gasteiger partial charge in [0.15, 0.2) is 0 Å². The first-order valence-electron chi connectivity index (χ1n) is 6.65. The first-order chi connectivity index (χ1) is 8.43. The Balaban J connectivity index is 1.55. The Morgan fingerprint density at radius 1 is 1.41 bits per heavy atom. The maximum atomic E-state index is 4.40. The molecular weight excluding hydrogens is 214 g/mol. The van der Waals surface area contributed by atoms with Gasteiger partial charge in [0.25, 0.3) is 0 Å². The highest BCUT2D eigenvalue weighted by molar-refractivity contribution is 5.35. The van der Waals surface area contributed by atoms with Crippen molar-refractivity contribution in [2.45, 2.75) is 31.3 Å². The van der Waals surface area contributed by atoms with Crippen LogP contribution < -0.4 is 16.0 Å². The second kappa shape index (κ2) is 5.06. The number of nitrogens with one attached hydrogen (secondary N) is 3. The van der Waals surface area contributed by atoms with E-state index in [0.29, 0.717) is 12.1 Å². The predicted molar refractivity (Wildman–Crippen MR) is 68.3 cm³/mol. The van der Waals surface area contributed by atoms with Crippen LogP contribution in [0.15, 0.2) is 12.3 Å². The Labute approximate surface area is 102 Å². The van der Waals surface area contributed by atoms with E-state index < -0.39 is 0 Å².